The van der Waals surface area contributed by atoms with E-state index in [1.165, 1.54) is 41.5 Å². The largest absolute Gasteiger partial charge is 0.330 e. The number of H-pyrrole nitrogens is 1. The quantitative estimate of drug-likeness (QED) is 0.866. The Labute approximate surface area is 107 Å². The maximum atomic E-state index is 5.68. The van der Waals surface area contributed by atoms with E-state index in [-0.39, 0.29) is 0 Å². The molecule has 94 valence electrons. The Morgan fingerprint density at radius 2 is 2.11 bits per heavy atom. The molecule has 3 heteroatoms. The second kappa shape index (κ2) is 4.58. The van der Waals surface area contributed by atoms with E-state index in [1.54, 1.807) is 0 Å². The van der Waals surface area contributed by atoms with Gasteiger partial charge in [-0.3, -0.25) is 5.10 Å². The molecule has 1 aromatic heterocycles. The fourth-order valence-corrected chi connectivity index (χ4v) is 2.86. The van der Waals surface area contributed by atoms with Crippen molar-refractivity contribution in [2.75, 3.05) is 6.54 Å². The minimum atomic E-state index is 0.665. The zero-order valence-electron chi connectivity index (χ0n) is 10.8. The Balaban J connectivity index is 2.04. The Bertz CT molecular complexity index is 569. The number of aromatic amines is 1. The number of hydrogen-bond acceptors (Lipinski definition) is 2. The summed E-state index contributed by atoms with van der Waals surface area (Å²) in [4.78, 5) is 0. The summed E-state index contributed by atoms with van der Waals surface area (Å²) in [5.74, 6) is 0. The van der Waals surface area contributed by atoms with Crippen molar-refractivity contribution in [3.05, 3.63) is 40.6 Å². The van der Waals surface area contributed by atoms with E-state index in [0.29, 0.717) is 6.54 Å². The average Bonchev–Trinajstić information content (AvgIpc) is 2.97. The van der Waals surface area contributed by atoms with Crippen LogP contribution in [-0.2, 0) is 19.3 Å². The fourth-order valence-electron chi connectivity index (χ4n) is 2.86. The third-order valence-corrected chi connectivity index (χ3v) is 3.84. The Hall–Kier alpha value is -1.61. The van der Waals surface area contributed by atoms with Crippen molar-refractivity contribution in [3.63, 3.8) is 0 Å². The third kappa shape index (κ3) is 1.85. The second-order valence-corrected chi connectivity index (χ2v) is 5.05. The van der Waals surface area contributed by atoms with E-state index in [1.807, 2.05) is 0 Å². The van der Waals surface area contributed by atoms with Gasteiger partial charge in [-0.2, -0.15) is 5.10 Å². The van der Waals surface area contributed by atoms with E-state index < -0.39 is 0 Å². The maximum absolute atomic E-state index is 5.68. The van der Waals surface area contributed by atoms with E-state index in [2.05, 4.69) is 35.3 Å². The molecule has 0 fully saturated rings. The summed E-state index contributed by atoms with van der Waals surface area (Å²) in [6.45, 7) is 2.73. The summed E-state index contributed by atoms with van der Waals surface area (Å²) in [6, 6.07) is 6.76. The van der Waals surface area contributed by atoms with Crippen LogP contribution in [0.2, 0.25) is 0 Å². The lowest BCUT2D eigenvalue weighted by Gasteiger charge is -2.05. The fraction of sp³-hybridized carbons (Fsp3) is 0.400. The Kier molecular flexibility index (Phi) is 2.92. The number of nitrogens with zero attached hydrogens (tertiary/aromatic N) is 1. The highest BCUT2D eigenvalue weighted by Gasteiger charge is 2.15. The third-order valence-electron chi connectivity index (χ3n) is 3.84. The first-order chi connectivity index (χ1) is 8.79. The molecule has 2 aromatic rings. The highest BCUT2D eigenvalue weighted by atomic mass is 15.1. The van der Waals surface area contributed by atoms with Gasteiger partial charge in [-0.25, -0.2) is 0 Å². The SMILES string of the molecule is Cc1[nH]nc(-c2ccc3c(c2)CCC3)c1CCN. The van der Waals surface area contributed by atoms with Gasteiger partial charge in [0.25, 0.3) is 0 Å². The molecule has 0 saturated heterocycles. The summed E-state index contributed by atoms with van der Waals surface area (Å²) < 4.78 is 0. The molecule has 1 aliphatic rings. The van der Waals surface area contributed by atoms with Crippen molar-refractivity contribution in [2.45, 2.75) is 32.6 Å². The second-order valence-electron chi connectivity index (χ2n) is 5.05. The van der Waals surface area contributed by atoms with E-state index in [4.69, 9.17) is 5.73 Å². The number of fused-ring (bicyclic) bond motifs is 1. The topological polar surface area (TPSA) is 54.7 Å². The van der Waals surface area contributed by atoms with Crippen LogP contribution in [0.4, 0.5) is 0 Å². The van der Waals surface area contributed by atoms with Gasteiger partial charge in [-0.1, -0.05) is 12.1 Å². The lowest BCUT2D eigenvalue weighted by Crippen LogP contribution is -2.04. The summed E-state index contributed by atoms with van der Waals surface area (Å²) in [5, 5.41) is 7.53. The van der Waals surface area contributed by atoms with Crippen molar-refractivity contribution >= 4 is 0 Å². The van der Waals surface area contributed by atoms with Crippen LogP contribution in [0.15, 0.2) is 18.2 Å². The molecule has 1 aliphatic carbocycles. The average molecular weight is 241 g/mol. The zero-order chi connectivity index (χ0) is 12.5. The normalized spacial score (nSPS) is 13.9. The Morgan fingerprint density at radius 3 is 2.94 bits per heavy atom. The number of aromatic nitrogens is 2. The van der Waals surface area contributed by atoms with Crippen molar-refractivity contribution < 1.29 is 0 Å². The minimum Gasteiger partial charge on any atom is -0.330 e. The van der Waals surface area contributed by atoms with Crippen molar-refractivity contribution in [3.8, 4) is 11.3 Å². The van der Waals surface area contributed by atoms with Gasteiger partial charge < -0.3 is 5.73 Å². The van der Waals surface area contributed by atoms with Crippen molar-refractivity contribution in [1.29, 1.82) is 0 Å². The van der Waals surface area contributed by atoms with Gasteiger partial charge >= 0.3 is 0 Å². The van der Waals surface area contributed by atoms with Crippen LogP contribution in [0.25, 0.3) is 11.3 Å². The van der Waals surface area contributed by atoms with Crippen LogP contribution in [0.5, 0.6) is 0 Å². The van der Waals surface area contributed by atoms with Gasteiger partial charge in [-0.05, 0) is 56.3 Å². The molecule has 0 atom stereocenters. The molecule has 0 spiro atoms. The first-order valence-corrected chi connectivity index (χ1v) is 6.65. The molecule has 18 heavy (non-hydrogen) atoms. The number of nitrogens with two attached hydrogens (primary N) is 1. The van der Waals surface area contributed by atoms with Gasteiger partial charge in [0, 0.05) is 16.8 Å². The molecule has 3 rings (SSSR count). The molecule has 0 unspecified atom stereocenters. The number of rotatable bonds is 3. The first kappa shape index (κ1) is 11.5. The summed E-state index contributed by atoms with van der Waals surface area (Å²) in [5.41, 5.74) is 13.4. The molecule has 3 N–H and O–H groups in total. The zero-order valence-corrected chi connectivity index (χ0v) is 10.8. The van der Waals surface area contributed by atoms with Crippen LogP contribution < -0.4 is 5.73 Å². The molecule has 0 radical (unpaired) electrons. The van der Waals surface area contributed by atoms with Gasteiger partial charge in [0.1, 0.15) is 0 Å². The van der Waals surface area contributed by atoms with E-state index >= 15 is 0 Å². The van der Waals surface area contributed by atoms with Gasteiger partial charge in [0.05, 0.1) is 5.69 Å². The highest BCUT2D eigenvalue weighted by molar-refractivity contribution is 5.66. The summed E-state index contributed by atoms with van der Waals surface area (Å²) >= 11 is 0. The van der Waals surface area contributed by atoms with Crippen molar-refractivity contribution in [2.24, 2.45) is 5.73 Å². The van der Waals surface area contributed by atoms with Crippen LogP contribution in [-0.4, -0.2) is 16.7 Å². The summed E-state index contributed by atoms with van der Waals surface area (Å²) in [6.07, 6.45) is 4.60. The molecular formula is C15H19N3. The van der Waals surface area contributed by atoms with Crippen LogP contribution in [0.1, 0.15) is 28.8 Å². The lowest BCUT2D eigenvalue weighted by molar-refractivity contribution is 0.912. The maximum Gasteiger partial charge on any atom is 0.0955 e. The van der Waals surface area contributed by atoms with Crippen molar-refractivity contribution in [1.82, 2.24) is 10.2 Å². The monoisotopic (exact) mass is 241 g/mol. The Morgan fingerprint density at radius 1 is 1.28 bits per heavy atom. The molecule has 3 nitrogen and oxygen atoms in total. The highest BCUT2D eigenvalue weighted by Crippen LogP contribution is 2.29. The molecule has 0 amide bonds. The van der Waals surface area contributed by atoms with Gasteiger partial charge in [0.15, 0.2) is 0 Å². The van der Waals surface area contributed by atoms with Gasteiger partial charge in [0.2, 0.25) is 0 Å². The molecule has 0 saturated carbocycles. The predicted molar refractivity (Wildman–Crippen MR) is 73.5 cm³/mol. The van der Waals surface area contributed by atoms with Crippen LogP contribution >= 0.6 is 0 Å². The summed E-state index contributed by atoms with van der Waals surface area (Å²) in [7, 11) is 0. The number of nitrogens with one attached hydrogen (secondary N) is 1. The molecule has 1 heterocycles. The predicted octanol–water partition coefficient (Wildman–Crippen LogP) is 2.38. The van der Waals surface area contributed by atoms with E-state index in [0.717, 1.165) is 17.8 Å². The lowest BCUT2D eigenvalue weighted by atomic mass is 10.00. The van der Waals surface area contributed by atoms with E-state index in [9.17, 15) is 0 Å². The molecule has 1 aromatic carbocycles. The molecule has 0 aliphatic heterocycles. The molecule has 0 bridgehead atoms. The van der Waals surface area contributed by atoms with Gasteiger partial charge in [-0.15, -0.1) is 0 Å². The standard InChI is InChI=1S/C15H19N3/c1-10-14(7-8-16)15(18-17-10)13-6-5-11-3-2-4-12(11)9-13/h5-6,9H,2-4,7-8,16H2,1H3,(H,17,18). The number of aryl methyl sites for hydroxylation is 3. The smallest absolute Gasteiger partial charge is 0.0955 e. The first-order valence-electron chi connectivity index (χ1n) is 6.65. The van der Waals surface area contributed by atoms with Crippen LogP contribution in [0, 0.1) is 6.92 Å². The number of benzene rings is 1. The number of hydrogen-bond donors (Lipinski definition) is 2. The van der Waals surface area contributed by atoms with Crippen LogP contribution in [0.3, 0.4) is 0 Å². The minimum absolute atomic E-state index is 0.665. The molecular weight excluding hydrogens is 222 g/mol.